The molecule has 0 saturated heterocycles. The molecule has 0 aromatic heterocycles. The van der Waals surface area contributed by atoms with E-state index in [1.165, 1.54) is 25.2 Å². The molecule has 37 heavy (non-hydrogen) atoms. The first-order valence-electron chi connectivity index (χ1n) is 10.8. The summed E-state index contributed by atoms with van der Waals surface area (Å²) in [6, 6.07) is 16.8. The molecular formula is C23H22F3N3O6S2. The van der Waals surface area contributed by atoms with E-state index < -0.39 is 44.7 Å². The van der Waals surface area contributed by atoms with Gasteiger partial charge in [-0.05, 0) is 48.5 Å². The number of hydrogen-bond acceptors (Lipinski definition) is 7. The molecule has 0 aliphatic carbocycles. The van der Waals surface area contributed by atoms with Crippen molar-refractivity contribution in [2.75, 3.05) is 24.4 Å². The average Bonchev–Trinajstić information content (AvgIpc) is 2.94. The largest absolute Gasteiger partial charge is 0.573 e. The van der Waals surface area contributed by atoms with E-state index in [0.29, 0.717) is 0 Å². The van der Waals surface area contributed by atoms with E-state index in [0.717, 1.165) is 28.6 Å². The number of rotatable bonds is 7. The van der Waals surface area contributed by atoms with E-state index in [9.17, 15) is 30.9 Å². The number of alkyl halides is 3. The summed E-state index contributed by atoms with van der Waals surface area (Å²) in [5.74, 6) is -0.0952. The number of sulfonamides is 1. The Labute approximate surface area is 211 Å². The third kappa shape index (κ3) is 5.82. The third-order valence-electron chi connectivity index (χ3n) is 5.30. The fraction of sp³-hybridized carbons (Fsp3) is 0.217. The average molecular weight is 558 g/mol. The van der Waals surface area contributed by atoms with Crippen molar-refractivity contribution in [3.63, 3.8) is 0 Å². The van der Waals surface area contributed by atoms with Crippen LogP contribution in [-0.4, -0.2) is 50.3 Å². The molecule has 9 nitrogen and oxygen atoms in total. The summed E-state index contributed by atoms with van der Waals surface area (Å²) >= 11 is 0. The number of aliphatic hydroxyl groups is 1. The maximum atomic E-state index is 13.5. The van der Waals surface area contributed by atoms with E-state index in [4.69, 9.17) is 4.74 Å². The van der Waals surface area contributed by atoms with Crippen LogP contribution in [0.4, 0.5) is 18.9 Å². The van der Waals surface area contributed by atoms with E-state index in [1.807, 2.05) is 0 Å². The highest BCUT2D eigenvalue weighted by Crippen LogP contribution is 2.42. The molecule has 2 N–H and O–H groups in total. The second-order valence-electron chi connectivity index (χ2n) is 7.78. The van der Waals surface area contributed by atoms with Crippen molar-refractivity contribution in [1.29, 1.82) is 0 Å². The zero-order valence-corrected chi connectivity index (χ0v) is 20.9. The molecule has 2 atom stereocenters. The summed E-state index contributed by atoms with van der Waals surface area (Å²) < 4.78 is 94.5. The Morgan fingerprint density at radius 2 is 1.68 bits per heavy atom. The number of para-hydroxylation sites is 3. The van der Waals surface area contributed by atoms with Gasteiger partial charge in [-0.1, -0.05) is 24.3 Å². The van der Waals surface area contributed by atoms with Crippen LogP contribution in [0.5, 0.6) is 17.2 Å². The number of halogens is 3. The molecule has 0 amide bonds. The first-order valence-corrected chi connectivity index (χ1v) is 13.7. The summed E-state index contributed by atoms with van der Waals surface area (Å²) in [7, 11) is -6.26. The molecular weight excluding hydrogens is 535 g/mol. The number of nitrogens with one attached hydrogen (secondary N) is 1. The Morgan fingerprint density at radius 1 is 1.05 bits per heavy atom. The number of fused-ring (bicyclic) bond motifs is 2. The lowest BCUT2D eigenvalue weighted by Crippen LogP contribution is -2.42. The minimum atomic E-state index is -4.88. The van der Waals surface area contributed by atoms with E-state index in [2.05, 4.69) is 13.8 Å². The van der Waals surface area contributed by atoms with E-state index in [-0.39, 0.29) is 33.5 Å². The van der Waals surface area contributed by atoms with Crippen LogP contribution in [0.25, 0.3) is 0 Å². The van der Waals surface area contributed by atoms with Gasteiger partial charge in [-0.15, -0.1) is 13.2 Å². The van der Waals surface area contributed by atoms with Crippen molar-refractivity contribution in [2.24, 2.45) is 4.36 Å². The van der Waals surface area contributed by atoms with Gasteiger partial charge in [0.2, 0.25) is 0 Å². The van der Waals surface area contributed by atoms with Crippen molar-refractivity contribution in [3.8, 4) is 17.2 Å². The standard InChI is InChI=1S/C23H22F3N3O6S2/c1-27-36(31,18-12-10-17(11-13-18)35-23(24,25)26)28-14-16(30)15-29-19-6-2-3-7-20(19)34-21-8-4-5-9-22(21)37(29,32)33/h2-13,16,30H,14-15H2,1H3,(H,27,28,31). The molecule has 4 rings (SSSR count). The highest BCUT2D eigenvalue weighted by Gasteiger charge is 2.35. The minimum absolute atomic E-state index is 0.0480. The molecule has 0 spiro atoms. The first kappa shape index (κ1) is 26.7. The number of anilines is 1. The second kappa shape index (κ2) is 10.2. The molecule has 3 aromatic carbocycles. The van der Waals surface area contributed by atoms with Crippen LogP contribution in [0.2, 0.25) is 0 Å². The molecule has 1 aliphatic rings. The quantitative estimate of drug-likeness (QED) is 0.455. The van der Waals surface area contributed by atoms with Gasteiger partial charge in [-0.25, -0.2) is 21.7 Å². The molecule has 1 aliphatic heterocycles. The zero-order chi connectivity index (χ0) is 26.8. The number of nitrogens with zero attached hydrogens (tertiary/aromatic N) is 2. The number of β-amino-alcohol motifs (C(OH)–C–C–N with tert-alkyl or cyclic N) is 1. The lowest BCUT2D eigenvalue weighted by Gasteiger charge is -2.26. The number of aliphatic hydroxyl groups excluding tert-OH is 1. The van der Waals surface area contributed by atoms with Crippen LogP contribution in [0, 0.1) is 0 Å². The van der Waals surface area contributed by atoms with Gasteiger partial charge in [-0.3, -0.25) is 4.31 Å². The predicted molar refractivity (Wildman–Crippen MR) is 129 cm³/mol. The number of benzene rings is 3. The molecule has 1 heterocycles. The van der Waals surface area contributed by atoms with E-state index >= 15 is 0 Å². The van der Waals surface area contributed by atoms with Crippen molar-refractivity contribution in [1.82, 2.24) is 4.72 Å². The monoisotopic (exact) mass is 557 g/mol. The molecule has 0 saturated carbocycles. The Hall–Kier alpha value is -3.33. The van der Waals surface area contributed by atoms with Crippen LogP contribution in [0.1, 0.15) is 0 Å². The van der Waals surface area contributed by atoms with Gasteiger partial charge in [-0.2, -0.15) is 0 Å². The van der Waals surface area contributed by atoms with Gasteiger partial charge in [0.1, 0.15) is 26.3 Å². The van der Waals surface area contributed by atoms with Gasteiger partial charge in [0.25, 0.3) is 10.0 Å². The summed E-state index contributed by atoms with van der Waals surface area (Å²) in [5.41, 5.74) is 0.207. The second-order valence-corrected chi connectivity index (χ2v) is 11.8. The molecule has 3 aromatic rings. The van der Waals surface area contributed by atoms with Gasteiger partial charge in [0.05, 0.1) is 23.2 Å². The summed E-state index contributed by atoms with van der Waals surface area (Å²) in [4.78, 5) is -0.0355. The fourth-order valence-electron chi connectivity index (χ4n) is 3.60. The van der Waals surface area contributed by atoms with Crippen molar-refractivity contribution < 1.29 is 40.4 Å². The number of ether oxygens (including phenoxy) is 2. The number of hydrogen-bond donors (Lipinski definition) is 2. The first-order chi connectivity index (χ1) is 17.4. The third-order valence-corrected chi connectivity index (χ3v) is 9.10. The fourth-order valence-corrected chi connectivity index (χ4v) is 6.66. The topological polar surface area (TPSA) is 118 Å². The minimum Gasteiger partial charge on any atom is -0.454 e. The van der Waals surface area contributed by atoms with Gasteiger partial charge >= 0.3 is 6.36 Å². The molecule has 0 fully saturated rings. The maximum Gasteiger partial charge on any atom is 0.573 e. The highest BCUT2D eigenvalue weighted by molar-refractivity contribution is 7.93. The summed E-state index contributed by atoms with van der Waals surface area (Å²) in [5, 5.41) is 10.8. The molecule has 14 heteroatoms. The molecule has 0 radical (unpaired) electrons. The zero-order valence-electron chi connectivity index (χ0n) is 19.3. The Morgan fingerprint density at radius 3 is 2.32 bits per heavy atom. The van der Waals surface area contributed by atoms with Crippen LogP contribution >= 0.6 is 0 Å². The summed E-state index contributed by atoms with van der Waals surface area (Å²) in [6.07, 6.45) is -6.23. The van der Waals surface area contributed by atoms with Crippen molar-refractivity contribution in [3.05, 3.63) is 72.8 Å². The van der Waals surface area contributed by atoms with Crippen molar-refractivity contribution >= 4 is 25.6 Å². The van der Waals surface area contributed by atoms with Crippen LogP contribution < -0.4 is 18.5 Å². The Balaban J connectivity index is 1.54. The Kier molecular flexibility index (Phi) is 7.37. The van der Waals surface area contributed by atoms with Gasteiger partial charge in [0, 0.05) is 13.6 Å². The van der Waals surface area contributed by atoms with Gasteiger partial charge in [0.15, 0.2) is 5.75 Å². The van der Waals surface area contributed by atoms with Crippen LogP contribution in [0.3, 0.4) is 0 Å². The predicted octanol–water partition coefficient (Wildman–Crippen LogP) is 3.91. The Bertz CT molecular complexity index is 1500. The van der Waals surface area contributed by atoms with Gasteiger partial charge < -0.3 is 14.6 Å². The van der Waals surface area contributed by atoms with Crippen LogP contribution in [-0.2, 0) is 19.9 Å². The molecule has 198 valence electrons. The SMILES string of the molecule is CN=S(=O)(NCC(O)CN1c2ccccc2Oc2ccccc2S1(=O)=O)c1ccc(OC(F)(F)F)cc1. The summed E-state index contributed by atoms with van der Waals surface area (Å²) in [6.45, 7) is -0.769. The lowest BCUT2D eigenvalue weighted by atomic mass is 10.2. The van der Waals surface area contributed by atoms with Crippen LogP contribution in [0.15, 0.2) is 87.0 Å². The smallest absolute Gasteiger partial charge is 0.454 e. The molecule has 0 bridgehead atoms. The normalized spacial score (nSPS) is 16.8. The lowest BCUT2D eigenvalue weighted by molar-refractivity contribution is -0.274. The highest BCUT2D eigenvalue weighted by atomic mass is 32.2. The van der Waals surface area contributed by atoms with Crippen molar-refractivity contribution in [2.45, 2.75) is 22.3 Å². The van der Waals surface area contributed by atoms with E-state index in [1.54, 1.807) is 30.3 Å². The molecule has 2 unspecified atom stereocenters. The maximum absolute atomic E-state index is 13.5.